The van der Waals surface area contributed by atoms with E-state index in [0.29, 0.717) is 23.9 Å². The van der Waals surface area contributed by atoms with Crippen LogP contribution in [0.1, 0.15) is 13.3 Å². The Morgan fingerprint density at radius 3 is 2.56 bits per heavy atom. The average molecular weight is 244 g/mol. The fourth-order valence-corrected chi connectivity index (χ4v) is 1.43. The number of nitrogens with zero attached hydrogens (tertiary/aromatic N) is 1. The third-order valence-corrected chi connectivity index (χ3v) is 2.28. The van der Waals surface area contributed by atoms with Gasteiger partial charge < -0.3 is 15.2 Å². The Morgan fingerprint density at radius 1 is 1.11 bits per heavy atom. The quantitative estimate of drug-likeness (QED) is 0.877. The van der Waals surface area contributed by atoms with E-state index in [4.69, 9.17) is 15.2 Å². The molecule has 0 saturated carbocycles. The summed E-state index contributed by atoms with van der Waals surface area (Å²) in [6.45, 7) is 2.72. The summed E-state index contributed by atoms with van der Waals surface area (Å²) >= 11 is 0. The van der Waals surface area contributed by atoms with E-state index in [0.717, 1.165) is 12.2 Å². The summed E-state index contributed by atoms with van der Waals surface area (Å²) in [7, 11) is 0. The first kappa shape index (κ1) is 12.2. The molecule has 0 saturated heterocycles. The summed E-state index contributed by atoms with van der Waals surface area (Å²) in [6, 6.07) is 11.0. The summed E-state index contributed by atoms with van der Waals surface area (Å²) < 4.78 is 11.3. The molecule has 94 valence electrons. The molecule has 0 aliphatic rings. The first-order valence-corrected chi connectivity index (χ1v) is 5.91. The third kappa shape index (κ3) is 3.13. The van der Waals surface area contributed by atoms with Gasteiger partial charge in [-0.15, -0.1) is 0 Å². The Balaban J connectivity index is 2.15. The Kier molecular flexibility index (Phi) is 4.02. The van der Waals surface area contributed by atoms with E-state index in [1.807, 2.05) is 24.3 Å². The number of pyridine rings is 1. The van der Waals surface area contributed by atoms with Gasteiger partial charge in [0.25, 0.3) is 0 Å². The molecule has 0 radical (unpaired) electrons. The molecule has 0 aliphatic heterocycles. The van der Waals surface area contributed by atoms with Gasteiger partial charge in [-0.3, -0.25) is 0 Å². The highest BCUT2D eigenvalue weighted by molar-refractivity contribution is 5.43. The molecule has 1 heterocycles. The van der Waals surface area contributed by atoms with Crippen molar-refractivity contribution in [1.29, 1.82) is 0 Å². The number of para-hydroxylation sites is 2. The Bertz CT molecular complexity index is 497. The van der Waals surface area contributed by atoms with Crippen molar-refractivity contribution in [2.75, 3.05) is 12.3 Å². The number of benzene rings is 1. The largest absolute Gasteiger partial charge is 0.490 e. The van der Waals surface area contributed by atoms with Crippen LogP contribution in [0.4, 0.5) is 5.69 Å². The van der Waals surface area contributed by atoms with Gasteiger partial charge in [-0.05, 0) is 24.6 Å². The number of hydrogen-bond acceptors (Lipinski definition) is 4. The summed E-state index contributed by atoms with van der Waals surface area (Å²) in [5.74, 6) is 1.87. The minimum atomic E-state index is 0.497. The van der Waals surface area contributed by atoms with Crippen LogP contribution in [0.25, 0.3) is 0 Å². The monoisotopic (exact) mass is 244 g/mol. The van der Waals surface area contributed by atoms with Crippen LogP contribution < -0.4 is 15.2 Å². The molecular formula is C14H16N2O2. The van der Waals surface area contributed by atoms with E-state index in [1.54, 1.807) is 18.3 Å². The highest BCUT2D eigenvalue weighted by Gasteiger charge is 2.05. The Hall–Kier alpha value is -2.23. The molecule has 0 aliphatic carbocycles. The zero-order valence-corrected chi connectivity index (χ0v) is 10.3. The number of rotatable bonds is 5. The molecule has 0 amide bonds. The lowest BCUT2D eigenvalue weighted by Gasteiger charge is -2.11. The van der Waals surface area contributed by atoms with Crippen LogP contribution in [0.2, 0.25) is 0 Å². The van der Waals surface area contributed by atoms with Crippen molar-refractivity contribution in [2.24, 2.45) is 0 Å². The van der Waals surface area contributed by atoms with Gasteiger partial charge in [0.2, 0.25) is 5.88 Å². The number of nitrogens with two attached hydrogens (primary N) is 1. The summed E-state index contributed by atoms with van der Waals surface area (Å²) in [5, 5.41) is 0. The SMILES string of the molecule is CCCOc1ccccc1Oc1ccc(N)cn1. The maximum Gasteiger partial charge on any atom is 0.219 e. The Labute approximate surface area is 106 Å². The van der Waals surface area contributed by atoms with Crippen molar-refractivity contribution < 1.29 is 9.47 Å². The molecule has 0 fully saturated rings. The number of aromatic nitrogens is 1. The molecule has 1 aromatic heterocycles. The second-order valence-corrected chi connectivity index (χ2v) is 3.83. The standard InChI is InChI=1S/C14H16N2O2/c1-2-9-17-12-5-3-4-6-13(12)18-14-8-7-11(15)10-16-14/h3-8,10H,2,9,15H2,1H3. The molecule has 0 spiro atoms. The molecule has 0 unspecified atom stereocenters. The number of nitrogen functional groups attached to an aromatic ring is 1. The predicted molar refractivity (Wildman–Crippen MR) is 71.0 cm³/mol. The van der Waals surface area contributed by atoms with E-state index < -0.39 is 0 Å². The maximum atomic E-state index is 5.67. The van der Waals surface area contributed by atoms with Gasteiger partial charge in [-0.25, -0.2) is 4.98 Å². The molecule has 2 aromatic rings. The number of anilines is 1. The van der Waals surface area contributed by atoms with Crippen LogP contribution in [-0.4, -0.2) is 11.6 Å². The Morgan fingerprint density at radius 2 is 1.89 bits per heavy atom. The van der Waals surface area contributed by atoms with E-state index in [2.05, 4.69) is 11.9 Å². The van der Waals surface area contributed by atoms with Crippen LogP contribution in [0.15, 0.2) is 42.6 Å². The smallest absolute Gasteiger partial charge is 0.219 e. The lowest BCUT2D eigenvalue weighted by Crippen LogP contribution is -1.98. The molecular weight excluding hydrogens is 228 g/mol. The fraction of sp³-hybridized carbons (Fsp3) is 0.214. The molecule has 4 nitrogen and oxygen atoms in total. The van der Waals surface area contributed by atoms with Crippen LogP contribution in [0.5, 0.6) is 17.4 Å². The highest BCUT2D eigenvalue weighted by Crippen LogP contribution is 2.30. The van der Waals surface area contributed by atoms with Crippen molar-refractivity contribution in [1.82, 2.24) is 4.98 Å². The van der Waals surface area contributed by atoms with E-state index in [1.165, 1.54) is 0 Å². The van der Waals surface area contributed by atoms with Gasteiger partial charge in [0.05, 0.1) is 18.5 Å². The van der Waals surface area contributed by atoms with Crippen LogP contribution in [-0.2, 0) is 0 Å². The second kappa shape index (κ2) is 5.91. The van der Waals surface area contributed by atoms with Gasteiger partial charge in [0.15, 0.2) is 11.5 Å². The molecule has 0 atom stereocenters. The van der Waals surface area contributed by atoms with Crippen LogP contribution in [0, 0.1) is 0 Å². The topological polar surface area (TPSA) is 57.4 Å². The molecule has 1 aromatic carbocycles. The minimum Gasteiger partial charge on any atom is -0.490 e. The van der Waals surface area contributed by atoms with Crippen molar-refractivity contribution >= 4 is 5.69 Å². The van der Waals surface area contributed by atoms with Gasteiger partial charge in [-0.1, -0.05) is 19.1 Å². The van der Waals surface area contributed by atoms with Gasteiger partial charge in [0, 0.05) is 6.07 Å². The van der Waals surface area contributed by atoms with Crippen LogP contribution in [0.3, 0.4) is 0 Å². The summed E-state index contributed by atoms with van der Waals surface area (Å²) in [5.41, 5.74) is 6.18. The highest BCUT2D eigenvalue weighted by atomic mass is 16.5. The van der Waals surface area contributed by atoms with Crippen molar-refractivity contribution in [3.8, 4) is 17.4 Å². The zero-order valence-electron chi connectivity index (χ0n) is 10.3. The molecule has 18 heavy (non-hydrogen) atoms. The first-order chi connectivity index (χ1) is 8.79. The lowest BCUT2D eigenvalue weighted by molar-refractivity contribution is 0.301. The van der Waals surface area contributed by atoms with E-state index >= 15 is 0 Å². The molecule has 2 rings (SSSR count). The predicted octanol–water partition coefficient (Wildman–Crippen LogP) is 3.24. The molecule has 0 bridgehead atoms. The number of ether oxygens (including phenoxy) is 2. The van der Waals surface area contributed by atoms with Gasteiger partial charge in [0.1, 0.15) is 0 Å². The molecule has 4 heteroatoms. The van der Waals surface area contributed by atoms with Crippen molar-refractivity contribution in [3.05, 3.63) is 42.6 Å². The van der Waals surface area contributed by atoms with Crippen molar-refractivity contribution in [3.63, 3.8) is 0 Å². The fourth-order valence-electron chi connectivity index (χ4n) is 1.43. The second-order valence-electron chi connectivity index (χ2n) is 3.83. The van der Waals surface area contributed by atoms with Gasteiger partial charge in [-0.2, -0.15) is 0 Å². The molecule has 2 N–H and O–H groups in total. The summed E-state index contributed by atoms with van der Waals surface area (Å²) in [6.07, 6.45) is 2.51. The zero-order chi connectivity index (χ0) is 12.8. The van der Waals surface area contributed by atoms with Gasteiger partial charge >= 0.3 is 0 Å². The average Bonchev–Trinajstić information content (AvgIpc) is 2.40. The van der Waals surface area contributed by atoms with Crippen LogP contribution >= 0.6 is 0 Å². The van der Waals surface area contributed by atoms with E-state index in [9.17, 15) is 0 Å². The normalized spacial score (nSPS) is 10.1. The first-order valence-electron chi connectivity index (χ1n) is 5.91. The number of hydrogen-bond donors (Lipinski definition) is 1. The minimum absolute atomic E-state index is 0.497. The maximum absolute atomic E-state index is 5.67. The lowest BCUT2D eigenvalue weighted by atomic mass is 10.3. The third-order valence-electron chi connectivity index (χ3n) is 2.28. The van der Waals surface area contributed by atoms with E-state index in [-0.39, 0.29) is 0 Å². The summed E-state index contributed by atoms with van der Waals surface area (Å²) in [4.78, 5) is 4.09. The van der Waals surface area contributed by atoms with Crippen molar-refractivity contribution in [2.45, 2.75) is 13.3 Å².